The van der Waals surface area contributed by atoms with E-state index in [0.29, 0.717) is 13.1 Å². The summed E-state index contributed by atoms with van der Waals surface area (Å²) in [6.45, 7) is 2.65. The molecular weight excluding hydrogens is 252 g/mol. The molecule has 6 N–H and O–H groups in total. The summed E-state index contributed by atoms with van der Waals surface area (Å²) in [5.41, 5.74) is 14.6. The second-order valence-corrected chi connectivity index (χ2v) is 4.29. The van der Waals surface area contributed by atoms with Gasteiger partial charge in [-0.2, -0.15) is 0 Å². The lowest BCUT2D eigenvalue weighted by Gasteiger charge is -2.08. The van der Waals surface area contributed by atoms with E-state index in [0.717, 1.165) is 35.9 Å². The van der Waals surface area contributed by atoms with E-state index in [1.807, 2.05) is 24.3 Å². The molecule has 0 aliphatic carbocycles. The summed E-state index contributed by atoms with van der Waals surface area (Å²) >= 11 is 0. The molecule has 0 atom stereocenters. The molecule has 0 aliphatic rings. The Morgan fingerprint density at radius 3 is 1.65 bits per heavy atom. The van der Waals surface area contributed by atoms with Crippen molar-refractivity contribution < 1.29 is 0 Å². The summed E-state index contributed by atoms with van der Waals surface area (Å²) in [4.78, 5) is 8.71. The molecule has 0 fully saturated rings. The molecule has 106 valence electrons. The molecule has 0 saturated carbocycles. The van der Waals surface area contributed by atoms with Crippen LogP contribution in [0.1, 0.15) is 0 Å². The Hall–Kier alpha value is -2.18. The zero-order valence-corrected chi connectivity index (χ0v) is 11.3. The van der Waals surface area contributed by atoms with Gasteiger partial charge in [0.2, 0.25) is 0 Å². The third-order valence-electron chi connectivity index (χ3n) is 2.73. The number of nitrogens with two attached hydrogens (primary N) is 2. The average Bonchev–Trinajstić information content (AvgIpc) is 2.51. The largest absolute Gasteiger partial charge is 0.384 e. The highest BCUT2D eigenvalue weighted by atomic mass is 14.9. The lowest BCUT2D eigenvalue weighted by Crippen LogP contribution is -2.13. The number of anilines is 2. The first kappa shape index (κ1) is 14.2. The first-order valence-electron chi connectivity index (χ1n) is 6.64. The molecule has 0 aromatic carbocycles. The zero-order chi connectivity index (χ0) is 14.2. The molecule has 0 saturated heterocycles. The minimum Gasteiger partial charge on any atom is -0.384 e. The fourth-order valence-corrected chi connectivity index (χ4v) is 1.79. The first-order valence-corrected chi connectivity index (χ1v) is 6.64. The van der Waals surface area contributed by atoms with Crippen molar-refractivity contribution in [3.63, 3.8) is 0 Å². The summed E-state index contributed by atoms with van der Waals surface area (Å²) in [7, 11) is 0. The van der Waals surface area contributed by atoms with E-state index in [4.69, 9.17) is 11.5 Å². The Kier molecular flexibility index (Phi) is 5.28. The molecule has 2 rings (SSSR count). The van der Waals surface area contributed by atoms with Crippen LogP contribution in [0.15, 0.2) is 36.7 Å². The van der Waals surface area contributed by atoms with Crippen LogP contribution in [0.25, 0.3) is 11.4 Å². The van der Waals surface area contributed by atoms with Crippen molar-refractivity contribution in [2.24, 2.45) is 11.5 Å². The van der Waals surface area contributed by atoms with Gasteiger partial charge in [0.15, 0.2) is 0 Å². The number of hydrogen-bond donors (Lipinski definition) is 4. The highest BCUT2D eigenvalue weighted by molar-refractivity contribution is 5.64. The maximum Gasteiger partial charge on any atom is 0.0907 e. The van der Waals surface area contributed by atoms with Crippen molar-refractivity contribution in [3.05, 3.63) is 36.7 Å². The Morgan fingerprint density at radius 1 is 0.800 bits per heavy atom. The van der Waals surface area contributed by atoms with Crippen LogP contribution < -0.4 is 22.1 Å². The minimum absolute atomic E-state index is 0.592. The summed E-state index contributed by atoms with van der Waals surface area (Å²) in [6.07, 6.45) is 3.52. The number of hydrogen-bond acceptors (Lipinski definition) is 6. The molecule has 0 radical (unpaired) electrons. The molecule has 0 unspecified atom stereocenters. The normalized spacial score (nSPS) is 10.3. The van der Waals surface area contributed by atoms with Gasteiger partial charge in [-0.05, 0) is 24.3 Å². The molecule has 2 aromatic heterocycles. The molecule has 20 heavy (non-hydrogen) atoms. The quantitative estimate of drug-likeness (QED) is 0.597. The monoisotopic (exact) mass is 272 g/mol. The van der Waals surface area contributed by atoms with E-state index in [9.17, 15) is 0 Å². The number of nitrogens with zero attached hydrogens (tertiary/aromatic N) is 2. The number of aromatic nitrogens is 2. The van der Waals surface area contributed by atoms with Gasteiger partial charge < -0.3 is 22.1 Å². The topological polar surface area (TPSA) is 102 Å². The first-order chi connectivity index (χ1) is 9.83. The van der Waals surface area contributed by atoms with Gasteiger partial charge in [0.1, 0.15) is 0 Å². The second kappa shape index (κ2) is 7.42. The highest BCUT2D eigenvalue weighted by Gasteiger charge is 2.03. The second-order valence-electron chi connectivity index (χ2n) is 4.29. The van der Waals surface area contributed by atoms with Gasteiger partial charge in [-0.15, -0.1) is 0 Å². The van der Waals surface area contributed by atoms with Crippen LogP contribution in [0.2, 0.25) is 0 Å². The van der Waals surface area contributed by atoms with Gasteiger partial charge in [-0.25, -0.2) is 0 Å². The summed E-state index contributed by atoms with van der Waals surface area (Å²) in [5, 5.41) is 6.46. The van der Waals surface area contributed by atoms with Gasteiger partial charge in [0.25, 0.3) is 0 Å². The predicted octanol–water partition coefficient (Wildman–Crippen LogP) is 0.885. The Balaban J connectivity index is 2.17. The number of nitrogens with one attached hydrogen (secondary N) is 2. The SMILES string of the molecule is NCCNc1ccnc(-c2cc(NCCN)ccn2)c1. The van der Waals surface area contributed by atoms with Crippen LogP contribution in [0.5, 0.6) is 0 Å². The molecule has 0 bridgehead atoms. The standard InChI is InChI=1S/C14H20N6/c15-3-7-17-11-1-5-19-13(9-11)14-10-12(2-6-20-14)18-8-4-16/h1-2,5-6,9-10H,3-4,7-8,15-16H2,(H,17,19)(H,18,20). The van der Waals surface area contributed by atoms with Gasteiger partial charge in [0.05, 0.1) is 11.4 Å². The van der Waals surface area contributed by atoms with Crippen molar-refractivity contribution >= 4 is 11.4 Å². The number of rotatable bonds is 7. The van der Waals surface area contributed by atoms with Gasteiger partial charge >= 0.3 is 0 Å². The summed E-state index contributed by atoms with van der Waals surface area (Å²) < 4.78 is 0. The van der Waals surface area contributed by atoms with Crippen molar-refractivity contribution in [2.45, 2.75) is 0 Å². The van der Waals surface area contributed by atoms with Crippen LogP contribution in [-0.2, 0) is 0 Å². The van der Waals surface area contributed by atoms with Gasteiger partial charge in [-0.1, -0.05) is 0 Å². The maximum atomic E-state index is 5.48. The molecule has 0 amide bonds. The third kappa shape index (κ3) is 3.91. The predicted molar refractivity (Wildman–Crippen MR) is 82.6 cm³/mol. The Morgan fingerprint density at radius 2 is 1.25 bits per heavy atom. The van der Waals surface area contributed by atoms with E-state index in [1.165, 1.54) is 0 Å². The van der Waals surface area contributed by atoms with Crippen LogP contribution in [0.4, 0.5) is 11.4 Å². The van der Waals surface area contributed by atoms with E-state index in [-0.39, 0.29) is 0 Å². The van der Waals surface area contributed by atoms with Crippen molar-refractivity contribution in [1.29, 1.82) is 0 Å². The van der Waals surface area contributed by atoms with E-state index < -0.39 is 0 Å². The summed E-state index contributed by atoms with van der Waals surface area (Å²) in [5.74, 6) is 0. The van der Waals surface area contributed by atoms with Crippen molar-refractivity contribution in [3.8, 4) is 11.4 Å². The Labute approximate surface area is 118 Å². The van der Waals surface area contributed by atoms with Gasteiger partial charge in [0, 0.05) is 49.9 Å². The molecule has 0 aliphatic heterocycles. The maximum absolute atomic E-state index is 5.48. The van der Waals surface area contributed by atoms with Crippen LogP contribution in [-0.4, -0.2) is 36.1 Å². The molecule has 0 spiro atoms. The molecule has 2 heterocycles. The molecule has 6 nitrogen and oxygen atoms in total. The van der Waals surface area contributed by atoms with Crippen molar-refractivity contribution in [1.82, 2.24) is 9.97 Å². The molecule has 2 aromatic rings. The highest BCUT2D eigenvalue weighted by Crippen LogP contribution is 2.20. The van der Waals surface area contributed by atoms with Crippen LogP contribution in [0.3, 0.4) is 0 Å². The number of pyridine rings is 2. The van der Waals surface area contributed by atoms with Crippen molar-refractivity contribution in [2.75, 3.05) is 36.8 Å². The molecular formula is C14H20N6. The fourth-order valence-electron chi connectivity index (χ4n) is 1.79. The van der Waals surface area contributed by atoms with Crippen LogP contribution in [0, 0.1) is 0 Å². The van der Waals surface area contributed by atoms with E-state index in [2.05, 4.69) is 20.6 Å². The van der Waals surface area contributed by atoms with Gasteiger partial charge in [-0.3, -0.25) is 9.97 Å². The zero-order valence-electron chi connectivity index (χ0n) is 11.3. The lowest BCUT2D eigenvalue weighted by atomic mass is 10.2. The smallest absolute Gasteiger partial charge is 0.0907 e. The van der Waals surface area contributed by atoms with Crippen LogP contribution >= 0.6 is 0 Å². The molecule has 6 heteroatoms. The minimum atomic E-state index is 0.592. The average molecular weight is 272 g/mol. The van der Waals surface area contributed by atoms with E-state index >= 15 is 0 Å². The summed E-state index contributed by atoms with van der Waals surface area (Å²) in [6, 6.07) is 7.75. The fraction of sp³-hybridized carbons (Fsp3) is 0.286. The third-order valence-corrected chi connectivity index (χ3v) is 2.73. The lowest BCUT2D eigenvalue weighted by molar-refractivity contribution is 1.02. The Bertz CT molecular complexity index is 493. The van der Waals surface area contributed by atoms with E-state index in [1.54, 1.807) is 12.4 Å².